The summed E-state index contributed by atoms with van der Waals surface area (Å²) in [6.45, 7) is 6.43. The number of nitrogens with zero attached hydrogens (tertiary/aromatic N) is 3. The Morgan fingerprint density at radius 1 is 1.22 bits per heavy atom. The van der Waals surface area contributed by atoms with Crippen molar-refractivity contribution in [1.82, 2.24) is 14.9 Å². The molecule has 0 atom stereocenters. The zero-order valence-electron chi connectivity index (χ0n) is 11.9. The fraction of sp³-hybridized carbons (Fsp3) is 0.733. The topological polar surface area (TPSA) is 29.0 Å². The molecular weight excluding hydrogens is 222 g/mol. The fourth-order valence-electron chi connectivity index (χ4n) is 2.75. The van der Waals surface area contributed by atoms with E-state index >= 15 is 0 Å². The van der Waals surface area contributed by atoms with Crippen molar-refractivity contribution >= 4 is 0 Å². The average molecular weight is 247 g/mol. The highest BCUT2D eigenvalue weighted by molar-refractivity contribution is 5.06. The van der Waals surface area contributed by atoms with Crippen molar-refractivity contribution in [1.29, 1.82) is 0 Å². The van der Waals surface area contributed by atoms with Gasteiger partial charge in [0, 0.05) is 37.0 Å². The normalized spacial score (nSPS) is 16.9. The van der Waals surface area contributed by atoms with Crippen molar-refractivity contribution in [3.8, 4) is 0 Å². The molecule has 0 saturated heterocycles. The van der Waals surface area contributed by atoms with Crippen LogP contribution in [0, 0.1) is 5.92 Å². The maximum absolute atomic E-state index is 4.43. The Bertz CT molecular complexity index is 353. The van der Waals surface area contributed by atoms with Crippen molar-refractivity contribution in [2.45, 2.75) is 52.0 Å². The summed E-state index contributed by atoms with van der Waals surface area (Å²) in [4.78, 5) is 11.3. The van der Waals surface area contributed by atoms with Crippen molar-refractivity contribution in [2.24, 2.45) is 5.92 Å². The monoisotopic (exact) mass is 247 g/mol. The largest absolute Gasteiger partial charge is 0.302 e. The molecular formula is C15H25N3. The van der Waals surface area contributed by atoms with Gasteiger partial charge in [0.15, 0.2) is 0 Å². The molecule has 100 valence electrons. The minimum Gasteiger partial charge on any atom is -0.302 e. The Morgan fingerprint density at radius 2 is 1.83 bits per heavy atom. The summed E-state index contributed by atoms with van der Waals surface area (Å²) in [5.41, 5.74) is 1.22. The van der Waals surface area contributed by atoms with Crippen LogP contribution in [0.4, 0.5) is 0 Å². The van der Waals surface area contributed by atoms with Gasteiger partial charge in [0.05, 0.1) is 0 Å². The Balaban J connectivity index is 1.84. The van der Waals surface area contributed by atoms with E-state index in [2.05, 4.69) is 35.8 Å². The zero-order chi connectivity index (χ0) is 13.0. The van der Waals surface area contributed by atoms with Crippen LogP contribution in [0.1, 0.15) is 56.8 Å². The van der Waals surface area contributed by atoms with E-state index in [1.807, 2.05) is 12.4 Å². The molecule has 1 aromatic heterocycles. The fourth-order valence-corrected chi connectivity index (χ4v) is 2.75. The summed E-state index contributed by atoms with van der Waals surface area (Å²) in [6.07, 6.45) is 9.62. The highest BCUT2D eigenvalue weighted by Gasteiger charge is 2.16. The second-order valence-electron chi connectivity index (χ2n) is 5.95. The molecule has 0 bridgehead atoms. The van der Waals surface area contributed by atoms with Crippen LogP contribution in [0.3, 0.4) is 0 Å². The van der Waals surface area contributed by atoms with Crippen LogP contribution >= 0.6 is 0 Å². The first-order valence-corrected chi connectivity index (χ1v) is 7.14. The second-order valence-corrected chi connectivity index (χ2v) is 5.95. The van der Waals surface area contributed by atoms with Gasteiger partial charge in [0.1, 0.15) is 5.82 Å². The van der Waals surface area contributed by atoms with Gasteiger partial charge in [-0.2, -0.15) is 0 Å². The Morgan fingerprint density at radius 3 is 2.39 bits per heavy atom. The lowest BCUT2D eigenvalue weighted by Gasteiger charge is -2.20. The molecule has 0 aromatic carbocycles. The van der Waals surface area contributed by atoms with Crippen LogP contribution in [-0.2, 0) is 6.54 Å². The van der Waals surface area contributed by atoms with Crippen molar-refractivity contribution in [3.63, 3.8) is 0 Å². The van der Waals surface area contributed by atoms with Crippen LogP contribution < -0.4 is 0 Å². The second kappa shape index (κ2) is 6.28. The van der Waals surface area contributed by atoms with Gasteiger partial charge in [0.2, 0.25) is 0 Å². The van der Waals surface area contributed by atoms with E-state index in [-0.39, 0.29) is 0 Å². The molecule has 0 radical (unpaired) electrons. The maximum Gasteiger partial charge on any atom is 0.130 e. The standard InChI is InChI=1S/C15H25N3/c1-12(2)15-16-8-14(9-17-15)11-18(3)10-13-6-4-5-7-13/h8-9,12-13H,4-7,10-11H2,1-3H3. The van der Waals surface area contributed by atoms with Crippen LogP contribution in [-0.4, -0.2) is 28.5 Å². The highest BCUT2D eigenvalue weighted by Crippen LogP contribution is 2.25. The van der Waals surface area contributed by atoms with E-state index in [0.29, 0.717) is 5.92 Å². The lowest BCUT2D eigenvalue weighted by molar-refractivity contribution is 0.270. The predicted molar refractivity (Wildman–Crippen MR) is 74.4 cm³/mol. The van der Waals surface area contributed by atoms with Gasteiger partial charge in [-0.15, -0.1) is 0 Å². The lowest BCUT2D eigenvalue weighted by atomic mass is 10.1. The summed E-state index contributed by atoms with van der Waals surface area (Å²) < 4.78 is 0. The zero-order valence-corrected chi connectivity index (χ0v) is 11.9. The molecule has 1 saturated carbocycles. The van der Waals surface area contributed by atoms with Crippen LogP contribution in [0.5, 0.6) is 0 Å². The number of hydrogen-bond donors (Lipinski definition) is 0. The highest BCUT2D eigenvalue weighted by atomic mass is 15.1. The molecule has 1 aromatic rings. The molecule has 0 unspecified atom stereocenters. The van der Waals surface area contributed by atoms with Crippen LogP contribution in [0.15, 0.2) is 12.4 Å². The van der Waals surface area contributed by atoms with E-state index in [9.17, 15) is 0 Å². The van der Waals surface area contributed by atoms with E-state index in [0.717, 1.165) is 18.3 Å². The first-order valence-electron chi connectivity index (χ1n) is 7.14. The maximum atomic E-state index is 4.43. The molecule has 1 aliphatic carbocycles. The molecule has 1 fully saturated rings. The molecule has 0 N–H and O–H groups in total. The molecule has 1 heterocycles. The average Bonchev–Trinajstić information content (AvgIpc) is 2.82. The Kier molecular flexibility index (Phi) is 4.70. The number of rotatable bonds is 5. The number of aromatic nitrogens is 2. The third kappa shape index (κ3) is 3.77. The summed E-state index contributed by atoms with van der Waals surface area (Å²) in [6, 6.07) is 0. The lowest BCUT2D eigenvalue weighted by Crippen LogP contribution is -2.24. The van der Waals surface area contributed by atoms with Crippen molar-refractivity contribution in [3.05, 3.63) is 23.8 Å². The summed E-state index contributed by atoms with van der Waals surface area (Å²) in [5, 5.41) is 0. The minimum atomic E-state index is 0.412. The Labute approximate surface area is 111 Å². The third-order valence-corrected chi connectivity index (χ3v) is 3.74. The third-order valence-electron chi connectivity index (χ3n) is 3.74. The van der Waals surface area contributed by atoms with Gasteiger partial charge < -0.3 is 4.90 Å². The molecule has 0 spiro atoms. The molecule has 2 rings (SSSR count). The van der Waals surface area contributed by atoms with E-state index < -0.39 is 0 Å². The van der Waals surface area contributed by atoms with Gasteiger partial charge in [-0.3, -0.25) is 0 Å². The number of hydrogen-bond acceptors (Lipinski definition) is 3. The van der Waals surface area contributed by atoms with Crippen molar-refractivity contribution in [2.75, 3.05) is 13.6 Å². The van der Waals surface area contributed by atoms with Gasteiger partial charge in [-0.25, -0.2) is 9.97 Å². The predicted octanol–water partition coefficient (Wildman–Crippen LogP) is 3.22. The smallest absolute Gasteiger partial charge is 0.130 e. The quantitative estimate of drug-likeness (QED) is 0.800. The first-order chi connectivity index (χ1) is 8.65. The van der Waals surface area contributed by atoms with E-state index in [1.165, 1.54) is 37.8 Å². The molecule has 0 amide bonds. The van der Waals surface area contributed by atoms with Crippen molar-refractivity contribution < 1.29 is 0 Å². The summed E-state index contributed by atoms with van der Waals surface area (Å²) >= 11 is 0. The van der Waals surface area contributed by atoms with Gasteiger partial charge in [-0.05, 0) is 25.8 Å². The van der Waals surface area contributed by atoms with E-state index in [4.69, 9.17) is 0 Å². The van der Waals surface area contributed by atoms with E-state index in [1.54, 1.807) is 0 Å². The minimum absolute atomic E-state index is 0.412. The Hall–Kier alpha value is -0.960. The van der Waals surface area contributed by atoms with Gasteiger partial charge in [-0.1, -0.05) is 26.7 Å². The van der Waals surface area contributed by atoms with Crippen LogP contribution in [0.2, 0.25) is 0 Å². The molecule has 3 heteroatoms. The summed E-state index contributed by atoms with van der Waals surface area (Å²) in [5.74, 6) is 2.26. The molecule has 0 aliphatic heterocycles. The first kappa shape index (κ1) is 13.5. The van der Waals surface area contributed by atoms with Gasteiger partial charge >= 0.3 is 0 Å². The van der Waals surface area contributed by atoms with Crippen LogP contribution in [0.25, 0.3) is 0 Å². The summed E-state index contributed by atoms with van der Waals surface area (Å²) in [7, 11) is 2.20. The SMILES string of the molecule is CC(C)c1ncc(CN(C)CC2CCCC2)cn1. The molecule has 1 aliphatic rings. The molecule has 18 heavy (non-hydrogen) atoms. The molecule has 3 nitrogen and oxygen atoms in total. The van der Waals surface area contributed by atoms with Gasteiger partial charge in [0.25, 0.3) is 0 Å².